The van der Waals surface area contributed by atoms with Gasteiger partial charge in [0.2, 0.25) is 5.91 Å². The number of rotatable bonds is 5. The molecule has 2 saturated heterocycles. The highest BCUT2D eigenvalue weighted by atomic mass is 16.2. The van der Waals surface area contributed by atoms with Crippen molar-refractivity contribution in [1.82, 2.24) is 20.0 Å². The Morgan fingerprint density at radius 3 is 2.33 bits per heavy atom. The molecule has 2 unspecified atom stereocenters. The molecule has 9 nitrogen and oxygen atoms in total. The average molecular weight is 489 g/mol. The van der Waals surface area contributed by atoms with E-state index in [1.165, 1.54) is 0 Å². The fourth-order valence-electron chi connectivity index (χ4n) is 5.29. The number of fused-ring (bicyclic) bond motifs is 1. The van der Waals surface area contributed by atoms with Crippen molar-refractivity contribution in [2.45, 2.75) is 44.8 Å². The number of aryl methyl sites for hydroxylation is 1. The lowest BCUT2D eigenvalue weighted by atomic mass is 10.0. The Labute approximate surface area is 211 Å². The zero-order valence-corrected chi connectivity index (χ0v) is 20.7. The number of amidine groups is 1. The van der Waals surface area contributed by atoms with Crippen LogP contribution in [0.4, 0.5) is 15.3 Å². The summed E-state index contributed by atoms with van der Waals surface area (Å²) in [5.41, 5.74) is 2.49. The molecule has 5 rings (SSSR count). The van der Waals surface area contributed by atoms with E-state index < -0.39 is 12.1 Å². The lowest BCUT2D eigenvalue weighted by Gasteiger charge is -2.38. The number of piperidine rings is 1. The molecule has 0 aliphatic carbocycles. The molecule has 3 aliphatic rings. The van der Waals surface area contributed by atoms with E-state index in [-0.39, 0.29) is 24.0 Å². The number of nitrogens with one attached hydrogen (secondary N) is 2. The minimum Gasteiger partial charge on any atom is -0.340 e. The van der Waals surface area contributed by atoms with Gasteiger partial charge < -0.3 is 20.4 Å². The van der Waals surface area contributed by atoms with Crippen molar-refractivity contribution < 1.29 is 14.4 Å². The predicted octanol–water partition coefficient (Wildman–Crippen LogP) is 3.39. The number of likely N-dealkylation sites (tertiary alicyclic amines) is 1. The van der Waals surface area contributed by atoms with Crippen LogP contribution in [0, 0.1) is 6.92 Å². The molecule has 2 atom stereocenters. The summed E-state index contributed by atoms with van der Waals surface area (Å²) < 4.78 is 0. The Morgan fingerprint density at radius 1 is 0.972 bits per heavy atom. The Balaban J connectivity index is 1.23. The molecule has 0 bridgehead atoms. The van der Waals surface area contributed by atoms with Crippen molar-refractivity contribution in [1.29, 1.82) is 0 Å². The van der Waals surface area contributed by atoms with Gasteiger partial charge in [0.05, 0.1) is 12.6 Å². The Kier molecular flexibility index (Phi) is 6.63. The molecule has 0 aromatic heterocycles. The highest BCUT2D eigenvalue weighted by Gasteiger charge is 2.45. The third-order valence-electron chi connectivity index (χ3n) is 7.29. The number of nitrogens with zero attached hydrogens (tertiary/aromatic N) is 4. The highest BCUT2D eigenvalue weighted by Crippen LogP contribution is 2.28. The number of benzene rings is 2. The van der Waals surface area contributed by atoms with Crippen molar-refractivity contribution in [3.63, 3.8) is 0 Å². The summed E-state index contributed by atoms with van der Waals surface area (Å²) in [6, 6.07) is 15.8. The average Bonchev–Trinajstić information content (AvgIpc) is 3.43. The monoisotopic (exact) mass is 488 g/mol. The second kappa shape index (κ2) is 10.0. The van der Waals surface area contributed by atoms with Crippen LogP contribution in [0.1, 0.15) is 36.9 Å². The van der Waals surface area contributed by atoms with E-state index in [0.717, 1.165) is 17.0 Å². The first-order valence-electron chi connectivity index (χ1n) is 12.5. The summed E-state index contributed by atoms with van der Waals surface area (Å²) in [6.45, 7) is 6.29. The number of amides is 5. The lowest BCUT2D eigenvalue weighted by Crippen LogP contribution is -2.51. The second-order valence-electron chi connectivity index (χ2n) is 9.71. The maximum absolute atomic E-state index is 13.6. The van der Waals surface area contributed by atoms with E-state index in [0.29, 0.717) is 44.7 Å². The molecule has 9 heteroatoms. The van der Waals surface area contributed by atoms with Crippen LogP contribution >= 0.6 is 0 Å². The van der Waals surface area contributed by atoms with Gasteiger partial charge in [-0.2, -0.15) is 0 Å². The van der Waals surface area contributed by atoms with Crippen molar-refractivity contribution in [3.05, 3.63) is 65.7 Å². The van der Waals surface area contributed by atoms with Gasteiger partial charge in [0.25, 0.3) is 0 Å². The van der Waals surface area contributed by atoms with Gasteiger partial charge in [-0.3, -0.25) is 14.7 Å². The summed E-state index contributed by atoms with van der Waals surface area (Å²) in [6.07, 6.45) is 1.43. The third kappa shape index (κ3) is 4.78. The standard InChI is InChI=1S/C27H32N6O3/c1-18-8-10-21(11-9-18)29-26(35)30-24(20-6-4-3-5-7-20)25(34)31-14-12-22(13-15-31)32-17-23-16-28-19(2)33(23)27(32)36/h3-11,22-24H,12-17H2,1-2H3,(H2,29,30,35). The van der Waals surface area contributed by atoms with Crippen LogP contribution in [0.5, 0.6) is 0 Å². The largest absolute Gasteiger partial charge is 0.340 e. The molecule has 5 amide bonds. The van der Waals surface area contributed by atoms with E-state index in [1.807, 2.05) is 73.3 Å². The molecular formula is C27H32N6O3. The fourth-order valence-corrected chi connectivity index (χ4v) is 5.29. The van der Waals surface area contributed by atoms with E-state index >= 15 is 0 Å². The van der Waals surface area contributed by atoms with Crippen molar-refractivity contribution in [2.75, 3.05) is 31.5 Å². The van der Waals surface area contributed by atoms with Gasteiger partial charge in [-0.05, 0) is 44.4 Å². The molecule has 3 heterocycles. The molecule has 2 fully saturated rings. The number of hydrogen-bond donors (Lipinski definition) is 2. The fraction of sp³-hybridized carbons (Fsp3) is 0.407. The van der Waals surface area contributed by atoms with Crippen LogP contribution in [0.25, 0.3) is 0 Å². The topological polar surface area (TPSA) is 97.3 Å². The number of urea groups is 2. The van der Waals surface area contributed by atoms with Gasteiger partial charge >= 0.3 is 12.1 Å². The predicted molar refractivity (Wildman–Crippen MR) is 138 cm³/mol. The summed E-state index contributed by atoms with van der Waals surface area (Å²) in [5.74, 6) is 0.649. The maximum atomic E-state index is 13.6. The molecule has 2 aromatic carbocycles. The molecule has 188 valence electrons. The second-order valence-corrected chi connectivity index (χ2v) is 9.71. The number of carbonyl (C=O) groups is 3. The van der Waals surface area contributed by atoms with E-state index in [9.17, 15) is 14.4 Å². The highest BCUT2D eigenvalue weighted by molar-refractivity contribution is 5.99. The molecule has 36 heavy (non-hydrogen) atoms. The molecular weight excluding hydrogens is 456 g/mol. The van der Waals surface area contributed by atoms with E-state index in [2.05, 4.69) is 15.6 Å². The van der Waals surface area contributed by atoms with Crippen LogP contribution in [0.2, 0.25) is 0 Å². The molecule has 3 aliphatic heterocycles. The van der Waals surface area contributed by atoms with Crippen LogP contribution < -0.4 is 10.6 Å². The normalized spacial score (nSPS) is 20.7. The smallest absolute Gasteiger partial charge is 0.326 e. The number of hydrogen-bond acceptors (Lipinski definition) is 4. The molecule has 2 N–H and O–H groups in total. The summed E-state index contributed by atoms with van der Waals surface area (Å²) in [4.78, 5) is 49.3. The summed E-state index contributed by atoms with van der Waals surface area (Å²) in [7, 11) is 0. The van der Waals surface area contributed by atoms with E-state index in [4.69, 9.17) is 0 Å². The Hall–Kier alpha value is -3.88. The van der Waals surface area contributed by atoms with Gasteiger partial charge in [0.1, 0.15) is 11.9 Å². The van der Waals surface area contributed by atoms with Gasteiger partial charge in [-0.25, -0.2) is 9.59 Å². The maximum Gasteiger partial charge on any atom is 0.326 e. The zero-order chi connectivity index (χ0) is 25.2. The third-order valence-corrected chi connectivity index (χ3v) is 7.29. The van der Waals surface area contributed by atoms with Gasteiger partial charge in [-0.15, -0.1) is 0 Å². The summed E-state index contributed by atoms with van der Waals surface area (Å²) in [5, 5.41) is 5.69. The van der Waals surface area contributed by atoms with Gasteiger partial charge in [0, 0.05) is 31.4 Å². The molecule has 0 spiro atoms. The minimum absolute atomic E-state index is 0.0279. The number of carbonyl (C=O) groups excluding carboxylic acids is 3. The quantitative estimate of drug-likeness (QED) is 0.675. The first-order valence-corrected chi connectivity index (χ1v) is 12.5. The van der Waals surface area contributed by atoms with Crippen LogP contribution in [0.3, 0.4) is 0 Å². The molecule has 0 saturated carbocycles. The SMILES string of the molecule is CC1=NCC2CN(C3CCN(C(=O)C(NC(=O)Nc4ccc(C)cc4)c4ccccc4)CC3)C(=O)N12. The summed E-state index contributed by atoms with van der Waals surface area (Å²) >= 11 is 0. The molecule has 2 aromatic rings. The minimum atomic E-state index is -0.800. The zero-order valence-electron chi connectivity index (χ0n) is 20.7. The van der Waals surface area contributed by atoms with Crippen LogP contribution in [0.15, 0.2) is 59.6 Å². The Bertz CT molecular complexity index is 1160. The number of anilines is 1. The first kappa shape index (κ1) is 23.8. The van der Waals surface area contributed by atoms with E-state index in [1.54, 1.807) is 9.80 Å². The Morgan fingerprint density at radius 2 is 1.67 bits per heavy atom. The van der Waals surface area contributed by atoms with Gasteiger partial charge in [-0.1, -0.05) is 48.0 Å². The van der Waals surface area contributed by atoms with Crippen molar-refractivity contribution in [3.8, 4) is 0 Å². The first-order chi connectivity index (χ1) is 17.4. The number of aliphatic imine (C=N–C) groups is 1. The lowest BCUT2D eigenvalue weighted by molar-refractivity contribution is -0.134. The van der Waals surface area contributed by atoms with Gasteiger partial charge in [0.15, 0.2) is 0 Å². The van der Waals surface area contributed by atoms with Crippen LogP contribution in [-0.4, -0.2) is 76.8 Å². The van der Waals surface area contributed by atoms with Crippen molar-refractivity contribution >= 4 is 29.5 Å². The van der Waals surface area contributed by atoms with Crippen LogP contribution in [-0.2, 0) is 4.79 Å². The molecule has 0 radical (unpaired) electrons. The van der Waals surface area contributed by atoms with Crippen molar-refractivity contribution in [2.24, 2.45) is 4.99 Å².